The second kappa shape index (κ2) is 9.81. The highest BCUT2D eigenvalue weighted by atomic mass is 127. The van der Waals surface area contributed by atoms with Crippen molar-refractivity contribution in [2.24, 2.45) is 16.5 Å². The highest BCUT2D eigenvalue weighted by Crippen LogP contribution is 2.37. The first kappa shape index (κ1) is 22.6. The van der Waals surface area contributed by atoms with Crippen molar-refractivity contribution in [3.8, 4) is 17.2 Å². The fourth-order valence-corrected chi connectivity index (χ4v) is 3.91. The van der Waals surface area contributed by atoms with Crippen molar-refractivity contribution in [1.82, 2.24) is 0 Å². The number of carbonyl (C=O) groups is 1. The van der Waals surface area contributed by atoms with Crippen LogP contribution in [-0.4, -0.2) is 17.8 Å². The standard InChI is InChI=1S/C24H28INO4/c1-16-15-24(3,4)14-13-22(16)26-30-23(27)17(2)28-19-9-11-21(12-10-19)29-20-7-5-18(25)6-8-20/h5-12,16-17H,13-15H2,1-4H3/b26-22-. The first-order valence-corrected chi connectivity index (χ1v) is 11.3. The highest BCUT2D eigenvalue weighted by molar-refractivity contribution is 14.1. The summed E-state index contributed by atoms with van der Waals surface area (Å²) >= 11 is 2.25. The van der Waals surface area contributed by atoms with Crippen LogP contribution in [0.5, 0.6) is 17.2 Å². The molecule has 2 aromatic carbocycles. The van der Waals surface area contributed by atoms with Gasteiger partial charge in [-0.3, -0.25) is 0 Å². The van der Waals surface area contributed by atoms with Gasteiger partial charge in [0, 0.05) is 3.57 Å². The minimum Gasteiger partial charge on any atom is -0.479 e. The number of halogens is 1. The quantitative estimate of drug-likeness (QED) is 0.244. The number of carbonyl (C=O) groups excluding carboxylic acids is 1. The summed E-state index contributed by atoms with van der Waals surface area (Å²) in [6.07, 6.45) is 2.20. The van der Waals surface area contributed by atoms with Gasteiger partial charge in [-0.1, -0.05) is 25.9 Å². The lowest BCUT2D eigenvalue weighted by atomic mass is 9.72. The van der Waals surface area contributed by atoms with Crippen LogP contribution in [-0.2, 0) is 9.63 Å². The van der Waals surface area contributed by atoms with E-state index >= 15 is 0 Å². The Bertz CT molecular complexity index is 890. The molecular weight excluding hydrogens is 493 g/mol. The van der Waals surface area contributed by atoms with E-state index in [1.165, 1.54) is 0 Å². The van der Waals surface area contributed by atoms with E-state index in [9.17, 15) is 4.79 Å². The minimum absolute atomic E-state index is 0.313. The second-order valence-corrected chi connectivity index (χ2v) is 9.80. The van der Waals surface area contributed by atoms with E-state index in [0.717, 1.165) is 34.3 Å². The summed E-state index contributed by atoms with van der Waals surface area (Å²) in [7, 11) is 0. The van der Waals surface area contributed by atoms with Gasteiger partial charge in [0.05, 0.1) is 5.71 Å². The van der Waals surface area contributed by atoms with Gasteiger partial charge in [0.25, 0.3) is 0 Å². The molecule has 30 heavy (non-hydrogen) atoms. The molecule has 0 spiro atoms. The van der Waals surface area contributed by atoms with Crippen molar-refractivity contribution < 1.29 is 19.1 Å². The zero-order valence-corrected chi connectivity index (χ0v) is 20.0. The topological polar surface area (TPSA) is 57.1 Å². The molecule has 2 unspecified atom stereocenters. The van der Waals surface area contributed by atoms with Gasteiger partial charge in [0.15, 0.2) is 6.10 Å². The molecule has 3 rings (SSSR count). The normalized spacial score (nSPS) is 20.4. The highest BCUT2D eigenvalue weighted by Gasteiger charge is 2.30. The van der Waals surface area contributed by atoms with Crippen LogP contribution >= 0.6 is 22.6 Å². The molecule has 6 heteroatoms. The lowest BCUT2D eigenvalue weighted by Gasteiger charge is -2.34. The van der Waals surface area contributed by atoms with E-state index in [4.69, 9.17) is 14.3 Å². The number of hydrogen-bond acceptors (Lipinski definition) is 5. The van der Waals surface area contributed by atoms with Gasteiger partial charge in [-0.15, -0.1) is 0 Å². The molecule has 0 bridgehead atoms. The smallest absolute Gasteiger partial charge is 0.374 e. The Balaban J connectivity index is 1.51. The van der Waals surface area contributed by atoms with Crippen molar-refractivity contribution in [1.29, 1.82) is 0 Å². The molecule has 5 nitrogen and oxygen atoms in total. The molecule has 1 aliphatic carbocycles. The van der Waals surface area contributed by atoms with E-state index in [1.807, 2.05) is 24.3 Å². The van der Waals surface area contributed by atoms with Crippen LogP contribution in [0.1, 0.15) is 47.0 Å². The molecular formula is C24H28INO4. The Hall–Kier alpha value is -2.09. The number of hydrogen-bond donors (Lipinski definition) is 0. The summed E-state index contributed by atoms with van der Waals surface area (Å²) in [6, 6.07) is 14.9. The maximum atomic E-state index is 12.3. The number of nitrogens with zero attached hydrogens (tertiary/aromatic N) is 1. The number of oxime groups is 1. The molecule has 1 saturated carbocycles. The molecule has 0 N–H and O–H groups in total. The number of rotatable bonds is 6. The van der Waals surface area contributed by atoms with Crippen LogP contribution in [0.25, 0.3) is 0 Å². The van der Waals surface area contributed by atoms with E-state index in [1.54, 1.807) is 31.2 Å². The first-order chi connectivity index (χ1) is 14.2. The fourth-order valence-electron chi connectivity index (χ4n) is 3.55. The van der Waals surface area contributed by atoms with E-state index in [0.29, 0.717) is 22.8 Å². The molecule has 0 radical (unpaired) electrons. The maximum absolute atomic E-state index is 12.3. The van der Waals surface area contributed by atoms with Crippen LogP contribution in [0.2, 0.25) is 0 Å². The van der Waals surface area contributed by atoms with E-state index in [2.05, 4.69) is 48.5 Å². The molecule has 0 heterocycles. The van der Waals surface area contributed by atoms with Gasteiger partial charge in [-0.2, -0.15) is 0 Å². The number of benzene rings is 2. The molecule has 1 aliphatic rings. The predicted octanol–water partition coefficient (Wildman–Crippen LogP) is 6.60. The van der Waals surface area contributed by atoms with Crippen LogP contribution in [0.3, 0.4) is 0 Å². The monoisotopic (exact) mass is 521 g/mol. The average molecular weight is 521 g/mol. The number of ether oxygens (including phenoxy) is 2. The SMILES string of the molecule is CC(Oc1ccc(Oc2ccc(I)cc2)cc1)C(=O)O/N=C1/CCC(C)(C)CC1C. The first-order valence-electron chi connectivity index (χ1n) is 10.2. The van der Waals surface area contributed by atoms with Gasteiger partial charge >= 0.3 is 5.97 Å². The summed E-state index contributed by atoms with van der Waals surface area (Å²) in [5.41, 5.74) is 1.26. The lowest BCUT2D eigenvalue weighted by Crippen LogP contribution is -2.30. The second-order valence-electron chi connectivity index (χ2n) is 8.55. The van der Waals surface area contributed by atoms with Crippen molar-refractivity contribution in [3.05, 3.63) is 52.1 Å². The maximum Gasteiger partial charge on any atom is 0.374 e. The lowest BCUT2D eigenvalue weighted by molar-refractivity contribution is -0.151. The Morgan fingerprint density at radius 1 is 1.07 bits per heavy atom. The minimum atomic E-state index is -0.757. The van der Waals surface area contributed by atoms with Gasteiger partial charge in [0.2, 0.25) is 0 Å². The Labute approximate surface area is 191 Å². The van der Waals surface area contributed by atoms with E-state index < -0.39 is 12.1 Å². The van der Waals surface area contributed by atoms with Crippen LogP contribution < -0.4 is 9.47 Å². The summed E-state index contributed by atoms with van der Waals surface area (Å²) in [5.74, 6) is 1.84. The molecule has 0 saturated heterocycles. The third-order valence-electron chi connectivity index (χ3n) is 5.26. The molecule has 0 amide bonds. The zero-order valence-electron chi connectivity index (χ0n) is 17.9. The molecule has 160 valence electrons. The molecule has 0 aromatic heterocycles. The van der Waals surface area contributed by atoms with Crippen molar-refractivity contribution in [2.45, 2.75) is 53.1 Å². The Morgan fingerprint density at radius 2 is 1.63 bits per heavy atom. The summed E-state index contributed by atoms with van der Waals surface area (Å²) in [6.45, 7) is 8.32. The fraction of sp³-hybridized carbons (Fsp3) is 0.417. The van der Waals surface area contributed by atoms with Crippen LogP contribution in [0, 0.1) is 14.9 Å². The van der Waals surface area contributed by atoms with Gasteiger partial charge < -0.3 is 14.3 Å². The van der Waals surface area contributed by atoms with Crippen LogP contribution in [0.15, 0.2) is 53.7 Å². The summed E-state index contributed by atoms with van der Waals surface area (Å²) in [5, 5.41) is 4.13. The third kappa shape index (κ3) is 6.45. The molecule has 2 aromatic rings. The third-order valence-corrected chi connectivity index (χ3v) is 5.98. The Kier molecular flexibility index (Phi) is 7.39. The van der Waals surface area contributed by atoms with Crippen molar-refractivity contribution in [2.75, 3.05) is 0 Å². The zero-order chi connectivity index (χ0) is 21.7. The predicted molar refractivity (Wildman–Crippen MR) is 126 cm³/mol. The van der Waals surface area contributed by atoms with E-state index in [-0.39, 0.29) is 0 Å². The average Bonchev–Trinajstić information content (AvgIpc) is 2.69. The van der Waals surface area contributed by atoms with Gasteiger partial charge in [-0.25, -0.2) is 4.79 Å². The van der Waals surface area contributed by atoms with Gasteiger partial charge in [-0.05, 0) is 109 Å². The molecule has 2 atom stereocenters. The largest absolute Gasteiger partial charge is 0.479 e. The Morgan fingerprint density at radius 3 is 2.23 bits per heavy atom. The van der Waals surface area contributed by atoms with Crippen molar-refractivity contribution in [3.63, 3.8) is 0 Å². The summed E-state index contributed by atoms with van der Waals surface area (Å²) < 4.78 is 12.6. The van der Waals surface area contributed by atoms with Crippen LogP contribution in [0.4, 0.5) is 0 Å². The van der Waals surface area contributed by atoms with Gasteiger partial charge in [0.1, 0.15) is 17.2 Å². The summed E-state index contributed by atoms with van der Waals surface area (Å²) in [4.78, 5) is 17.4. The van der Waals surface area contributed by atoms with Crippen molar-refractivity contribution >= 4 is 34.3 Å². The molecule has 0 aliphatic heterocycles. The molecule has 1 fully saturated rings.